The highest BCUT2D eigenvalue weighted by molar-refractivity contribution is 7.92. The number of sulfonamides is 1. The number of benzene rings is 2. The first-order valence-electron chi connectivity index (χ1n) is 7.82. The van der Waals surface area contributed by atoms with Crippen LogP contribution in [0.3, 0.4) is 0 Å². The molecule has 2 aromatic rings. The third-order valence-corrected chi connectivity index (χ3v) is 4.23. The summed E-state index contributed by atoms with van der Waals surface area (Å²) in [6.45, 7) is 4.20. The van der Waals surface area contributed by atoms with Gasteiger partial charge in [0.1, 0.15) is 5.75 Å². The van der Waals surface area contributed by atoms with Gasteiger partial charge in [0.2, 0.25) is 15.9 Å². The van der Waals surface area contributed by atoms with Gasteiger partial charge >= 0.3 is 0 Å². The van der Waals surface area contributed by atoms with Gasteiger partial charge in [0.15, 0.2) is 0 Å². The van der Waals surface area contributed by atoms with E-state index in [4.69, 9.17) is 4.74 Å². The van der Waals surface area contributed by atoms with Gasteiger partial charge < -0.3 is 10.1 Å². The van der Waals surface area contributed by atoms with E-state index in [-0.39, 0.29) is 18.9 Å². The maximum Gasteiger partial charge on any atom is 0.229 e. The lowest BCUT2D eigenvalue weighted by Crippen LogP contribution is -2.18. The monoisotopic (exact) mass is 362 g/mol. The molecule has 0 aliphatic rings. The Balaban J connectivity index is 1.94. The number of ether oxygens (including phenoxy) is 1. The normalized spacial score (nSPS) is 11.0. The molecule has 0 spiro atoms. The number of anilines is 2. The largest absolute Gasteiger partial charge is 0.493 e. The lowest BCUT2D eigenvalue weighted by atomic mass is 10.1. The van der Waals surface area contributed by atoms with Crippen molar-refractivity contribution in [1.29, 1.82) is 0 Å². The second kappa shape index (κ2) is 8.02. The second-order valence-electron chi connectivity index (χ2n) is 5.76. The third-order valence-electron chi connectivity index (χ3n) is 3.64. The summed E-state index contributed by atoms with van der Waals surface area (Å²) in [6, 6.07) is 12.4. The molecule has 2 N–H and O–H groups in total. The highest BCUT2D eigenvalue weighted by Crippen LogP contribution is 2.23. The molecule has 0 aliphatic heterocycles. The number of hydrogen-bond donors (Lipinski definition) is 2. The van der Waals surface area contributed by atoms with Crippen molar-refractivity contribution in [3.8, 4) is 5.75 Å². The molecule has 0 bridgehead atoms. The minimum Gasteiger partial charge on any atom is -0.493 e. The molecule has 0 fully saturated rings. The number of aryl methyl sites for hydroxylation is 1. The van der Waals surface area contributed by atoms with E-state index in [1.54, 1.807) is 24.3 Å². The van der Waals surface area contributed by atoms with E-state index in [0.29, 0.717) is 11.4 Å². The number of hydrogen-bond acceptors (Lipinski definition) is 4. The van der Waals surface area contributed by atoms with Crippen molar-refractivity contribution in [2.75, 3.05) is 22.9 Å². The minimum atomic E-state index is -3.42. The molecule has 0 radical (unpaired) electrons. The SMILES string of the molecule is Cc1cccc(OCCC(=O)Nc2ccccc2NS(C)(=O)=O)c1C. The lowest BCUT2D eigenvalue weighted by Gasteiger charge is -2.13. The average molecular weight is 362 g/mol. The van der Waals surface area contributed by atoms with Crippen LogP contribution in [0.25, 0.3) is 0 Å². The fourth-order valence-corrected chi connectivity index (χ4v) is 2.81. The standard InChI is InChI=1S/C18H22N2O4S/c1-13-7-6-10-17(14(13)2)24-12-11-18(21)19-15-8-4-5-9-16(15)20-25(3,22)23/h4-10,20H,11-12H2,1-3H3,(H,19,21). The van der Waals surface area contributed by atoms with E-state index in [2.05, 4.69) is 10.0 Å². The van der Waals surface area contributed by atoms with E-state index in [9.17, 15) is 13.2 Å². The molecule has 0 atom stereocenters. The number of nitrogens with one attached hydrogen (secondary N) is 2. The summed E-state index contributed by atoms with van der Waals surface area (Å²) in [7, 11) is -3.42. The molecule has 7 heteroatoms. The molecule has 0 aliphatic carbocycles. The summed E-state index contributed by atoms with van der Waals surface area (Å²) in [5.74, 6) is 0.500. The first-order chi connectivity index (χ1) is 11.8. The van der Waals surface area contributed by atoms with Crippen molar-refractivity contribution in [3.63, 3.8) is 0 Å². The van der Waals surface area contributed by atoms with E-state index >= 15 is 0 Å². The van der Waals surface area contributed by atoms with Crippen molar-refractivity contribution in [2.45, 2.75) is 20.3 Å². The van der Waals surface area contributed by atoms with E-state index in [1.165, 1.54) is 0 Å². The van der Waals surface area contributed by atoms with Crippen molar-refractivity contribution >= 4 is 27.3 Å². The predicted octanol–water partition coefficient (Wildman–Crippen LogP) is 3.08. The van der Waals surface area contributed by atoms with Crippen LogP contribution in [0.1, 0.15) is 17.5 Å². The summed E-state index contributed by atoms with van der Waals surface area (Å²) >= 11 is 0. The van der Waals surface area contributed by atoms with Crippen LogP contribution in [0.2, 0.25) is 0 Å². The molecule has 134 valence electrons. The molecule has 0 saturated carbocycles. The van der Waals surface area contributed by atoms with Gasteiger partial charge in [0, 0.05) is 0 Å². The molecule has 25 heavy (non-hydrogen) atoms. The van der Waals surface area contributed by atoms with Crippen molar-refractivity contribution in [2.24, 2.45) is 0 Å². The third kappa shape index (κ3) is 5.79. The zero-order valence-electron chi connectivity index (χ0n) is 14.5. The summed E-state index contributed by atoms with van der Waals surface area (Å²) in [5.41, 5.74) is 2.91. The van der Waals surface area contributed by atoms with Gasteiger partial charge in [-0.3, -0.25) is 9.52 Å². The van der Waals surface area contributed by atoms with Crippen molar-refractivity contribution < 1.29 is 17.9 Å². The van der Waals surface area contributed by atoms with Gasteiger partial charge in [-0.05, 0) is 43.2 Å². The Morgan fingerprint density at radius 2 is 1.72 bits per heavy atom. The molecule has 6 nitrogen and oxygen atoms in total. The Hall–Kier alpha value is -2.54. The minimum absolute atomic E-state index is 0.153. The molecule has 1 amide bonds. The van der Waals surface area contributed by atoms with Gasteiger partial charge in [0.25, 0.3) is 0 Å². The number of rotatable bonds is 7. The van der Waals surface area contributed by atoms with Crippen LogP contribution in [0, 0.1) is 13.8 Å². The topological polar surface area (TPSA) is 84.5 Å². The Labute approximate surface area is 148 Å². The zero-order valence-corrected chi connectivity index (χ0v) is 15.3. The molecule has 0 unspecified atom stereocenters. The average Bonchev–Trinajstić information content (AvgIpc) is 2.52. The molecule has 0 heterocycles. The maximum atomic E-state index is 12.1. The van der Waals surface area contributed by atoms with Crippen LogP contribution in [0.15, 0.2) is 42.5 Å². The molecular formula is C18H22N2O4S. The lowest BCUT2D eigenvalue weighted by molar-refractivity contribution is -0.116. The second-order valence-corrected chi connectivity index (χ2v) is 7.51. The van der Waals surface area contributed by atoms with E-state index in [1.807, 2.05) is 32.0 Å². The number of carbonyl (C=O) groups is 1. The first-order valence-corrected chi connectivity index (χ1v) is 9.71. The summed E-state index contributed by atoms with van der Waals surface area (Å²) in [5, 5.41) is 2.70. The van der Waals surface area contributed by atoms with Gasteiger partial charge in [-0.2, -0.15) is 0 Å². The van der Waals surface area contributed by atoms with E-state index in [0.717, 1.165) is 23.1 Å². The van der Waals surface area contributed by atoms with Gasteiger partial charge in [0.05, 0.1) is 30.7 Å². The number of para-hydroxylation sites is 2. The number of carbonyl (C=O) groups excluding carboxylic acids is 1. The van der Waals surface area contributed by atoms with Crippen molar-refractivity contribution in [1.82, 2.24) is 0 Å². The molecule has 0 saturated heterocycles. The highest BCUT2D eigenvalue weighted by atomic mass is 32.2. The summed E-state index contributed by atoms with van der Waals surface area (Å²) in [6.07, 6.45) is 1.21. The van der Waals surface area contributed by atoms with Crippen LogP contribution < -0.4 is 14.8 Å². The molecule has 2 aromatic carbocycles. The van der Waals surface area contributed by atoms with Gasteiger partial charge in [-0.15, -0.1) is 0 Å². The first kappa shape index (κ1) is 18.8. The Morgan fingerprint density at radius 3 is 2.40 bits per heavy atom. The van der Waals surface area contributed by atoms with Crippen molar-refractivity contribution in [3.05, 3.63) is 53.6 Å². The van der Waals surface area contributed by atoms with Crippen LogP contribution in [0.4, 0.5) is 11.4 Å². The van der Waals surface area contributed by atoms with Gasteiger partial charge in [-0.25, -0.2) is 8.42 Å². The number of amides is 1. The predicted molar refractivity (Wildman–Crippen MR) is 99.6 cm³/mol. The molecule has 0 aromatic heterocycles. The van der Waals surface area contributed by atoms with Gasteiger partial charge in [-0.1, -0.05) is 24.3 Å². The summed E-state index contributed by atoms with van der Waals surface area (Å²) < 4.78 is 30.8. The fourth-order valence-electron chi connectivity index (χ4n) is 2.23. The maximum absolute atomic E-state index is 12.1. The Bertz CT molecular complexity index is 863. The quantitative estimate of drug-likeness (QED) is 0.793. The van der Waals surface area contributed by atoms with Crippen LogP contribution in [-0.2, 0) is 14.8 Å². The van der Waals surface area contributed by atoms with Crippen LogP contribution in [-0.4, -0.2) is 27.2 Å². The Morgan fingerprint density at radius 1 is 1.04 bits per heavy atom. The molecular weight excluding hydrogens is 340 g/mol. The Kier molecular flexibility index (Phi) is 6.03. The highest BCUT2D eigenvalue weighted by Gasteiger charge is 2.10. The smallest absolute Gasteiger partial charge is 0.229 e. The fraction of sp³-hybridized carbons (Fsp3) is 0.278. The van der Waals surface area contributed by atoms with Crippen LogP contribution >= 0.6 is 0 Å². The van der Waals surface area contributed by atoms with E-state index < -0.39 is 10.0 Å². The zero-order chi connectivity index (χ0) is 18.4. The van der Waals surface area contributed by atoms with Crippen LogP contribution in [0.5, 0.6) is 5.75 Å². The summed E-state index contributed by atoms with van der Waals surface area (Å²) in [4.78, 5) is 12.1. The molecule has 2 rings (SSSR count).